The first-order chi connectivity index (χ1) is 6.65. The molecule has 0 spiro atoms. The third kappa shape index (κ3) is 2.44. The second kappa shape index (κ2) is 4.58. The van der Waals surface area contributed by atoms with Crippen molar-refractivity contribution >= 4 is 0 Å². The molecule has 1 aromatic rings. The topological polar surface area (TPSA) is 53.2 Å². The Labute approximate surface area is 81.4 Å². The lowest BCUT2D eigenvalue weighted by Gasteiger charge is -2.11. The summed E-state index contributed by atoms with van der Waals surface area (Å²) >= 11 is 0. The molecule has 1 N–H and O–H groups in total. The molecule has 0 aliphatic heterocycles. The van der Waals surface area contributed by atoms with E-state index in [0.29, 0.717) is 5.56 Å². The van der Waals surface area contributed by atoms with Gasteiger partial charge in [0.05, 0.1) is 6.10 Å². The lowest BCUT2D eigenvalue weighted by atomic mass is 10.1. The van der Waals surface area contributed by atoms with Crippen molar-refractivity contribution in [1.82, 2.24) is 0 Å². The molecule has 74 valence electrons. The summed E-state index contributed by atoms with van der Waals surface area (Å²) in [5, 5.41) is 17.6. The van der Waals surface area contributed by atoms with Gasteiger partial charge in [-0.05, 0) is 19.1 Å². The quantitative estimate of drug-likeness (QED) is 0.799. The van der Waals surface area contributed by atoms with Crippen LogP contribution in [-0.4, -0.2) is 11.7 Å². The molecule has 0 heterocycles. The SMILES string of the molecule is CC(O)c1ccc(F)cc1OCC#N. The minimum absolute atomic E-state index is 0.164. The van der Waals surface area contributed by atoms with Crippen molar-refractivity contribution in [2.24, 2.45) is 0 Å². The van der Waals surface area contributed by atoms with Crippen LogP contribution in [0, 0.1) is 17.1 Å². The first kappa shape index (κ1) is 10.5. The predicted octanol–water partition coefficient (Wildman–Crippen LogP) is 1.78. The van der Waals surface area contributed by atoms with Crippen molar-refractivity contribution in [2.45, 2.75) is 13.0 Å². The van der Waals surface area contributed by atoms with Crippen molar-refractivity contribution in [3.63, 3.8) is 0 Å². The average Bonchev–Trinajstić information content (AvgIpc) is 2.14. The van der Waals surface area contributed by atoms with E-state index in [4.69, 9.17) is 10.00 Å². The number of halogens is 1. The average molecular weight is 195 g/mol. The Bertz CT molecular complexity index is 358. The fourth-order valence-corrected chi connectivity index (χ4v) is 1.09. The molecule has 0 saturated heterocycles. The molecule has 0 fully saturated rings. The van der Waals surface area contributed by atoms with Gasteiger partial charge in [0.2, 0.25) is 0 Å². The molecule has 1 rings (SSSR count). The molecular weight excluding hydrogens is 185 g/mol. The summed E-state index contributed by atoms with van der Waals surface area (Å²) < 4.78 is 17.8. The van der Waals surface area contributed by atoms with Crippen molar-refractivity contribution in [1.29, 1.82) is 5.26 Å². The third-order valence-electron chi connectivity index (χ3n) is 1.72. The van der Waals surface area contributed by atoms with Gasteiger partial charge in [-0.15, -0.1) is 0 Å². The van der Waals surface area contributed by atoms with Crippen molar-refractivity contribution in [2.75, 3.05) is 6.61 Å². The number of aliphatic hydroxyl groups excluding tert-OH is 1. The second-order valence-corrected chi connectivity index (χ2v) is 2.80. The fraction of sp³-hybridized carbons (Fsp3) is 0.300. The molecule has 0 saturated carbocycles. The van der Waals surface area contributed by atoms with Gasteiger partial charge < -0.3 is 9.84 Å². The standard InChI is InChI=1S/C10H10FNO2/c1-7(13)9-3-2-8(11)6-10(9)14-5-4-12/h2-3,6-7,13H,5H2,1H3. The summed E-state index contributed by atoms with van der Waals surface area (Å²) in [5.74, 6) is -0.246. The number of hydrogen-bond acceptors (Lipinski definition) is 3. The van der Waals surface area contributed by atoms with Crippen LogP contribution in [0.1, 0.15) is 18.6 Å². The van der Waals surface area contributed by atoms with E-state index < -0.39 is 11.9 Å². The zero-order valence-electron chi connectivity index (χ0n) is 7.70. The number of ether oxygens (including phenoxy) is 1. The van der Waals surface area contributed by atoms with Gasteiger partial charge >= 0.3 is 0 Å². The minimum atomic E-state index is -0.746. The Kier molecular flexibility index (Phi) is 3.43. The highest BCUT2D eigenvalue weighted by atomic mass is 19.1. The van der Waals surface area contributed by atoms with Gasteiger partial charge in [0.1, 0.15) is 17.6 Å². The molecule has 1 atom stereocenters. The van der Waals surface area contributed by atoms with Gasteiger partial charge in [0.25, 0.3) is 0 Å². The van der Waals surface area contributed by atoms with Gasteiger partial charge in [0, 0.05) is 11.6 Å². The van der Waals surface area contributed by atoms with E-state index in [0.717, 1.165) is 6.07 Å². The van der Waals surface area contributed by atoms with Crippen LogP contribution in [-0.2, 0) is 0 Å². The monoisotopic (exact) mass is 195 g/mol. The molecule has 1 aromatic carbocycles. The summed E-state index contributed by atoms with van der Waals surface area (Å²) in [6, 6.07) is 5.60. The summed E-state index contributed by atoms with van der Waals surface area (Å²) in [4.78, 5) is 0. The second-order valence-electron chi connectivity index (χ2n) is 2.80. The number of nitriles is 1. The zero-order chi connectivity index (χ0) is 10.6. The summed E-state index contributed by atoms with van der Waals surface area (Å²) in [6.45, 7) is 1.38. The summed E-state index contributed by atoms with van der Waals surface area (Å²) in [6.07, 6.45) is -0.746. The molecular formula is C10H10FNO2. The highest BCUT2D eigenvalue weighted by Crippen LogP contribution is 2.25. The van der Waals surface area contributed by atoms with Crippen LogP contribution in [0.25, 0.3) is 0 Å². The maximum absolute atomic E-state index is 12.8. The van der Waals surface area contributed by atoms with Crippen LogP contribution in [0.5, 0.6) is 5.75 Å². The van der Waals surface area contributed by atoms with Gasteiger partial charge in [-0.25, -0.2) is 4.39 Å². The van der Waals surface area contributed by atoms with E-state index in [1.165, 1.54) is 12.1 Å². The van der Waals surface area contributed by atoms with E-state index in [1.807, 2.05) is 0 Å². The Hall–Kier alpha value is -1.60. The first-order valence-electron chi connectivity index (χ1n) is 4.12. The van der Waals surface area contributed by atoms with E-state index in [9.17, 15) is 9.50 Å². The van der Waals surface area contributed by atoms with Crippen molar-refractivity contribution in [3.05, 3.63) is 29.6 Å². The zero-order valence-corrected chi connectivity index (χ0v) is 7.70. The molecule has 0 aliphatic carbocycles. The van der Waals surface area contributed by atoms with Gasteiger partial charge in [-0.3, -0.25) is 0 Å². The lowest BCUT2D eigenvalue weighted by molar-refractivity contribution is 0.193. The van der Waals surface area contributed by atoms with Crippen LogP contribution in [0.4, 0.5) is 4.39 Å². The van der Waals surface area contributed by atoms with Crippen LogP contribution in [0.2, 0.25) is 0 Å². The third-order valence-corrected chi connectivity index (χ3v) is 1.72. The Morgan fingerprint density at radius 2 is 2.36 bits per heavy atom. The molecule has 0 bridgehead atoms. The molecule has 0 radical (unpaired) electrons. The molecule has 0 aliphatic rings. The molecule has 4 heteroatoms. The highest BCUT2D eigenvalue weighted by Gasteiger charge is 2.09. The van der Waals surface area contributed by atoms with Crippen LogP contribution in [0.15, 0.2) is 18.2 Å². The van der Waals surface area contributed by atoms with E-state index in [-0.39, 0.29) is 12.4 Å². The smallest absolute Gasteiger partial charge is 0.174 e. The Morgan fingerprint density at radius 1 is 1.64 bits per heavy atom. The van der Waals surface area contributed by atoms with Crippen molar-refractivity contribution in [3.8, 4) is 11.8 Å². The molecule has 0 amide bonds. The number of benzene rings is 1. The Balaban J connectivity index is 2.98. The van der Waals surface area contributed by atoms with Crippen LogP contribution in [0.3, 0.4) is 0 Å². The first-order valence-corrected chi connectivity index (χ1v) is 4.12. The maximum Gasteiger partial charge on any atom is 0.174 e. The minimum Gasteiger partial charge on any atom is -0.478 e. The van der Waals surface area contributed by atoms with Gasteiger partial charge in [0.15, 0.2) is 6.61 Å². The van der Waals surface area contributed by atoms with E-state index in [1.54, 1.807) is 13.0 Å². The largest absolute Gasteiger partial charge is 0.478 e. The predicted molar refractivity (Wildman–Crippen MR) is 48.1 cm³/mol. The van der Waals surface area contributed by atoms with Gasteiger partial charge in [-0.1, -0.05) is 0 Å². The van der Waals surface area contributed by atoms with Crippen molar-refractivity contribution < 1.29 is 14.2 Å². The van der Waals surface area contributed by atoms with Gasteiger partial charge in [-0.2, -0.15) is 5.26 Å². The molecule has 3 nitrogen and oxygen atoms in total. The van der Waals surface area contributed by atoms with E-state index in [2.05, 4.69) is 0 Å². The number of rotatable bonds is 3. The fourth-order valence-electron chi connectivity index (χ4n) is 1.09. The molecule has 14 heavy (non-hydrogen) atoms. The summed E-state index contributed by atoms with van der Waals surface area (Å²) in [5.41, 5.74) is 0.474. The highest BCUT2D eigenvalue weighted by molar-refractivity contribution is 5.35. The number of hydrogen-bond donors (Lipinski definition) is 1. The normalized spacial score (nSPS) is 11.9. The lowest BCUT2D eigenvalue weighted by Crippen LogP contribution is -2.01. The van der Waals surface area contributed by atoms with E-state index >= 15 is 0 Å². The Morgan fingerprint density at radius 3 is 2.93 bits per heavy atom. The molecule has 1 unspecified atom stereocenters. The van der Waals surface area contributed by atoms with Crippen LogP contribution < -0.4 is 4.74 Å². The van der Waals surface area contributed by atoms with Crippen LogP contribution >= 0.6 is 0 Å². The number of aliphatic hydroxyl groups is 1. The molecule has 0 aromatic heterocycles. The number of nitrogens with zero attached hydrogens (tertiary/aromatic N) is 1. The maximum atomic E-state index is 12.8. The summed E-state index contributed by atoms with van der Waals surface area (Å²) in [7, 11) is 0.